The van der Waals surface area contributed by atoms with Gasteiger partial charge in [0.05, 0.1) is 7.11 Å². The maximum Gasteiger partial charge on any atom is 0.122 e. The first-order valence-electron chi connectivity index (χ1n) is 7.10. The number of methoxy groups -OCH3 is 1. The van der Waals surface area contributed by atoms with Gasteiger partial charge in [-0.2, -0.15) is 0 Å². The Hall–Kier alpha value is -0.400. The average Bonchev–Trinajstić information content (AvgIpc) is 2.41. The third-order valence-electron chi connectivity index (χ3n) is 4.30. The summed E-state index contributed by atoms with van der Waals surface area (Å²) in [5.41, 5.74) is 1.18. The van der Waals surface area contributed by atoms with Gasteiger partial charge in [-0.25, -0.2) is 0 Å². The Morgan fingerprint density at radius 2 is 2.11 bits per heavy atom. The molecule has 1 fully saturated rings. The molecule has 3 unspecified atom stereocenters. The van der Waals surface area contributed by atoms with E-state index in [0.29, 0.717) is 5.92 Å². The first-order valence-corrected chi connectivity index (χ1v) is 7.92. The van der Waals surface area contributed by atoms with Crippen LogP contribution in [0.4, 0.5) is 0 Å². The van der Waals surface area contributed by atoms with Crippen LogP contribution in [0.5, 0.6) is 5.75 Å². The van der Waals surface area contributed by atoms with Crippen LogP contribution in [0.2, 0.25) is 5.02 Å². The van der Waals surface area contributed by atoms with Crippen molar-refractivity contribution in [3.63, 3.8) is 0 Å². The van der Waals surface area contributed by atoms with Gasteiger partial charge in [0.15, 0.2) is 0 Å². The van der Waals surface area contributed by atoms with E-state index in [2.05, 4.69) is 6.92 Å². The van der Waals surface area contributed by atoms with Gasteiger partial charge < -0.3 is 4.74 Å². The molecule has 0 spiro atoms. The third kappa shape index (κ3) is 3.79. The first-order chi connectivity index (χ1) is 9.13. The standard InChI is InChI=1S/C16H22Cl2O/c1-3-11-4-6-15(18)12(8-11)9-13-10-14(17)5-7-16(13)19-2/h5,7,10-12,15H,3-4,6,8-9H2,1-2H3. The van der Waals surface area contributed by atoms with Crippen LogP contribution < -0.4 is 4.74 Å². The number of hydrogen-bond acceptors (Lipinski definition) is 1. The van der Waals surface area contributed by atoms with Gasteiger partial charge in [-0.3, -0.25) is 0 Å². The lowest BCUT2D eigenvalue weighted by atomic mass is 9.77. The van der Waals surface area contributed by atoms with Crippen LogP contribution in [-0.2, 0) is 6.42 Å². The molecule has 19 heavy (non-hydrogen) atoms. The molecule has 0 amide bonds. The van der Waals surface area contributed by atoms with Crippen molar-refractivity contribution in [1.29, 1.82) is 0 Å². The number of hydrogen-bond donors (Lipinski definition) is 0. The Morgan fingerprint density at radius 3 is 2.79 bits per heavy atom. The Bertz CT molecular complexity index is 419. The summed E-state index contributed by atoms with van der Waals surface area (Å²) >= 11 is 12.6. The molecule has 3 heteroatoms. The molecule has 0 N–H and O–H groups in total. The normalized spacial score (nSPS) is 27.3. The highest BCUT2D eigenvalue weighted by atomic mass is 35.5. The number of benzene rings is 1. The van der Waals surface area contributed by atoms with E-state index >= 15 is 0 Å². The fourth-order valence-electron chi connectivity index (χ4n) is 3.10. The zero-order valence-electron chi connectivity index (χ0n) is 11.7. The maximum absolute atomic E-state index is 6.52. The van der Waals surface area contributed by atoms with Gasteiger partial charge in [-0.05, 0) is 61.3 Å². The van der Waals surface area contributed by atoms with Crippen molar-refractivity contribution in [3.8, 4) is 5.75 Å². The van der Waals surface area contributed by atoms with Crippen molar-refractivity contribution in [2.75, 3.05) is 7.11 Å². The smallest absolute Gasteiger partial charge is 0.122 e. The van der Waals surface area contributed by atoms with E-state index in [1.54, 1.807) is 7.11 Å². The van der Waals surface area contributed by atoms with Gasteiger partial charge in [-0.15, -0.1) is 11.6 Å². The summed E-state index contributed by atoms with van der Waals surface area (Å²) in [7, 11) is 1.71. The van der Waals surface area contributed by atoms with E-state index in [1.165, 1.54) is 24.8 Å². The molecule has 1 saturated carbocycles. The summed E-state index contributed by atoms with van der Waals surface area (Å²) in [6.07, 6.45) is 5.85. The monoisotopic (exact) mass is 300 g/mol. The van der Waals surface area contributed by atoms with Gasteiger partial charge >= 0.3 is 0 Å². The molecule has 106 valence electrons. The molecule has 0 radical (unpaired) electrons. The molecular formula is C16H22Cl2O. The molecule has 1 aliphatic rings. The fourth-order valence-corrected chi connectivity index (χ4v) is 3.61. The average molecular weight is 301 g/mol. The first kappa shape index (κ1) is 15.0. The van der Waals surface area contributed by atoms with E-state index in [-0.39, 0.29) is 5.38 Å². The number of halogens is 2. The minimum Gasteiger partial charge on any atom is -0.496 e. The largest absolute Gasteiger partial charge is 0.496 e. The van der Waals surface area contributed by atoms with Gasteiger partial charge in [-0.1, -0.05) is 24.9 Å². The van der Waals surface area contributed by atoms with E-state index in [1.807, 2.05) is 18.2 Å². The highest BCUT2D eigenvalue weighted by Crippen LogP contribution is 2.38. The highest BCUT2D eigenvalue weighted by molar-refractivity contribution is 6.30. The van der Waals surface area contributed by atoms with Gasteiger partial charge in [0.1, 0.15) is 5.75 Å². The molecule has 1 nitrogen and oxygen atoms in total. The van der Waals surface area contributed by atoms with Crippen molar-refractivity contribution in [2.24, 2.45) is 11.8 Å². The molecule has 0 heterocycles. The molecule has 0 aromatic heterocycles. The molecule has 0 saturated heterocycles. The van der Waals surface area contributed by atoms with E-state index in [4.69, 9.17) is 27.9 Å². The Balaban J connectivity index is 2.12. The predicted octanol–water partition coefficient (Wildman–Crippen LogP) is 5.32. The van der Waals surface area contributed by atoms with E-state index < -0.39 is 0 Å². The molecule has 1 aromatic rings. The van der Waals surface area contributed by atoms with Crippen LogP contribution in [0.1, 0.15) is 38.2 Å². The fraction of sp³-hybridized carbons (Fsp3) is 0.625. The number of rotatable bonds is 4. The zero-order chi connectivity index (χ0) is 13.8. The Morgan fingerprint density at radius 1 is 1.32 bits per heavy atom. The minimum atomic E-state index is 0.284. The topological polar surface area (TPSA) is 9.23 Å². The highest BCUT2D eigenvalue weighted by Gasteiger charge is 2.29. The summed E-state index contributed by atoms with van der Waals surface area (Å²) in [4.78, 5) is 0. The molecule has 1 aliphatic carbocycles. The summed E-state index contributed by atoms with van der Waals surface area (Å²) in [6, 6.07) is 5.83. The molecule has 0 aliphatic heterocycles. The van der Waals surface area contributed by atoms with Crippen LogP contribution in [-0.4, -0.2) is 12.5 Å². The van der Waals surface area contributed by atoms with E-state index in [9.17, 15) is 0 Å². The quantitative estimate of drug-likeness (QED) is 0.683. The summed E-state index contributed by atoms with van der Waals surface area (Å²) in [6.45, 7) is 2.27. The van der Waals surface area contributed by atoms with Crippen molar-refractivity contribution in [1.82, 2.24) is 0 Å². The van der Waals surface area contributed by atoms with Crippen LogP contribution in [0.25, 0.3) is 0 Å². The lowest BCUT2D eigenvalue weighted by molar-refractivity contribution is 0.263. The minimum absolute atomic E-state index is 0.284. The lowest BCUT2D eigenvalue weighted by Crippen LogP contribution is -2.27. The van der Waals surface area contributed by atoms with Crippen LogP contribution in [0.15, 0.2) is 18.2 Å². The van der Waals surface area contributed by atoms with Crippen molar-refractivity contribution in [3.05, 3.63) is 28.8 Å². The van der Waals surface area contributed by atoms with Crippen LogP contribution >= 0.6 is 23.2 Å². The van der Waals surface area contributed by atoms with Crippen molar-refractivity contribution in [2.45, 2.75) is 44.4 Å². The van der Waals surface area contributed by atoms with Crippen LogP contribution in [0.3, 0.4) is 0 Å². The second kappa shape index (κ2) is 6.85. The molecule has 3 atom stereocenters. The van der Waals surface area contributed by atoms with Gasteiger partial charge in [0, 0.05) is 10.4 Å². The second-order valence-corrected chi connectivity index (χ2v) is 6.52. The Kier molecular flexibility index (Phi) is 5.41. The maximum atomic E-state index is 6.52. The number of alkyl halides is 1. The molecular weight excluding hydrogens is 279 g/mol. The second-order valence-electron chi connectivity index (χ2n) is 5.52. The lowest BCUT2D eigenvalue weighted by Gasteiger charge is -2.33. The van der Waals surface area contributed by atoms with Crippen molar-refractivity contribution < 1.29 is 4.74 Å². The Labute approximate surface area is 126 Å². The molecule has 1 aromatic carbocycles. The van der Waals surface area contributed by atoms with Gasteiger partial charge in [0.25, 0.3) is 0 Å². The SMILES string of the molecule is CCC1CCC(Cl)C(Cc2cc(Cl)ccc2OC)C1. The summed E-state index contributed by atoms with van der Waals surface area (Å²) in [5.74, 6) is 2.28. The predicted molar refractivity (Wildman–Crippen MR) is 82.5 cm³/mol. The summed E-state index contributed by atoms with van der Waals surface area (Å²) in [5, 5.41) is 1.05. The third-order valence-corrected chi connectivity index (χ3v) is 5.11. The zero-order valence-corrected chi connectivity index (χ0v) is 13.2. The number of ether oxygens (including phenoxy) is 1. The molecule has 2 rings (SSSR count). The van der Waals surface area contributed by atoms with Gasteiger partial charge in [0.2, 0.25) is 0 Å². The van der Waals surface area contributed by atoms with Crippen molar-refractivity contribution >= 4 is 23.2 Å². The van der Waals surface area contributed by atoms with Crippen LogP contribution in [0, 0.1) is 11.8 Å². The van der Waals surface area contributed by atoms with E-state index in [0.717, 1.165) is 29.5 Å². The summed E-state index contributed by atoms with van der Waals surface area (Å²) < 4.78 is 5.43. The molecule has 0 bridgehead atoms.